The van der Waals surface area contributed by atoms with Crippen LogP contribution in [0.1, 0.15) is 5.56 Å². The first-order chi connectivity index (χ1) is 7.22. The maximum atomic E-state index is 9.01. The summed E-state index contributed by atoms with van der Waals surface area (Å²) in [5.41, 5.74) is 1.53. The predicted octanol–water partition coefficient (Wildman–Crippen LogP) is 2.17. The normalized spacial score (nSPS) is 9.93. The Morgan fingerprint density at radius 3 is 2.67 bits per heavy atom. The van der Waals surface area contributed by atoms with Crippen molar-refractivity contribution < 1.29 is 0 Å². The van der Waals surface area contributed by atoms with Gasteiger partial charge in [-0.25, -0.2) is 4.98 Å². The van der Waals surface area contributed by atoms with Crippen LogP contribution >= 0.6 is 0 Å². The smallest absolute Gasteiger partial charge is 0.146 e. The van der Waals surface area contributed by atoms with E-state index in [1.165, 1.54) is 0 Å². The highest BCUT2D eigenvalue weighted by molar-refractivity contribution is 5.82. The molecular weight excluding hydrogens is 186 g/mol. The molecule has 0 bridgehead atoms. The molecular formula is C12H11N3. The lowest BCUT2D eigenvalue weighted by Crippen LogP contribution is -2.12. The van der Waals surface area contributed by atoms with E-state index in [4.69, 9.17) is 5.26 Å². The summed E-state index contributed by atoms with van der Waals surface area (Å²) in [6.07, 6.45) is 0. The van der Waals surface area contributed by atoms with Gasteiger partial charge in [0.15, 0.2) is 0 Å². The van der Waals surface area contributed by atoms with Crippen molar-refractivity contribution in [3.63, 3.8) is 0 Å². The number of aromatic nitrogens is 1. The molecule has 2 aromatic rings. The summed E-state index contributed by atoms with van der Waals surface area (Å²) in [7, 11) is 3.77. The monoisotopic (exact) mass is 197 g/mol. The van der Waals surface area contributed by atoms with Gasteiger partial charge in [-0.2, -0.15) is 5.26 Å². The minimum Gasteiger partial charge on any atom is -0.362 e. The molecule has 1 aromatic carbocycles. The van der Waals surface area contributed by atoms with Crippen LogP contribution in [0.4, 0.5) is 5.82 Å². The summed E-state index contributed by atoms with van der Waals surface area (Å²) in [6.45, 7) is 0. The standard InChI is InChI=1S/C12H11N3/c1-15(2)12-10(8-13)7-9-5-3-4-6-11(9)14-12/h3-7H,1-2H3. The topological polar surface area (TPSA) is 39.9 Å². The molecule has 0 fully saturated rings. The minimum absolute atomic E-state index is 0.610. The molecule has 0 aliphatic rings. The highest BCUT2D eigenvalue weighted by atomic mass is 15.1. The molecule has 0 atom stereocenters. The molecule has 0 spiro atoms. The highest BCUT2D eigenvalue weighted by Crippen LogP contribution is 2.21. The van der Waals surface area contributed by atoms with E-state index in [-0.39, 0.29) is 0 Å². The Hall–Kier alpha value is -2.08. The van der Waals surface area contributed by atoms with Crippen molar-refractivity contribution in [2.45, 2.75) is 0 Å². The lowest BCUT2D eigenvalue weighted by atomic mass is 10.1. The highest BCUT2D eigenvalue weighted by Gasteiger charge is 2.07. The number of para-hydroxylation sites is 1. The quantitative estimate of drug-likeness (QED) is 0.703. The Balaban J connectivity index is 2.76. The first-order valence-corrected chi connectivity index (χ1v) is 4.69. The van der Waals surface area contributed by atoms with E-state index < -0.39 is 0 Å². The van der Waals surface area contributed by atoms with Gasteiger partial charge in [0, 0.05) is 19.5 Å². The third-order valence-electron chi connectivity index (χ3n) is 2.25. The number of pyridine rings is 1. The molecule has 0 unspecified atom stereocenters. The molecule has 0 saturated heterocycles. The van der Waals surface area contributed by atoms with E-state index in [1.54, 1.807) is 0 Å². The fraction of sp³-hybridized carbons (Fsp3) is 0.167. The van der Waals surface area contributed by atoms with Crippen LogP contribution in [0.3, 0.4) is 0 Å². The van der Waals surface area contributed by atoms with Crippen LogP contribution in [0, 0.1) is 11.3 Å². The second-order valence-electron chi connectivity index (χ2n) is 3.56. The van der Waals surface area contributed by atoms with Gasteiger partial charge in [0.1, 0.15) is 11.9 Å². The Bertz CT molecular complexity index is 538. The fourth-order valence-electron chi connectivity index (χ4n) is 1.53. The first-order valence-electron chi connectivity index (χ1n) is 4.69. The van der Waals surface area contributed by atoms with Crippen LogP contribution in [0.5, 0.6) is 0 Å². The number of fused-ring (bicyclic) bond motifs is 1. The summed E-state index contributed by atoms with van der Waals surface area (Å²) in [4.78, 5) is 6.30. The Labute approximate surface area is 88.6 Å². The largest absolute Gasteiger partial charge is 0.362 e. The van der Waals surface area contributed by atoms with Gasteiger partial charge in [0.25, 0.3) is 0 Å². The van der Waals surface area contributed by atoms with Gasteiger partial charge in [-0.15, -0.1) is 0 Å². The second kappa shape index (κ2) is 3.58. The van der Waals surface area contributed by atoms with Crippen molar-refractivity contribution >= 4 is 16.7 Å². The number of nitrogens with zero attached hydrogens (tertiary/aromatic N) is 3. The van der Waals surface area contributed by atoms with Crippen molar-refractivity contribution in [1.29, 1.82) is 5.26 Å². The van der Waals surface area contributed by atoms with Crippen LogP contribution < -0.4 is 4.90 Å². The summed E-state index contributed by atoms with van der Waals surface area (Å²) in [6, 6.07) is 11.8. The average molecular weight is 197 g/mol. The van der Waals surface area contributed by atoms with Crippen molar-refractivity contribution in [1.82, 2.24) is 4.98 Å². The molecule has 0 amide bonds. The van der Waals surface area contributed by atoms with Crippen molar-refractivity contribution in [2.75, 3.05) is 19.0 Å². The number of anilines is 1. The van der Waals surface area contributed by atoms with E-state index in [0.717, 1.165) is 16.7 Å². The third-order valence-corrected chi connectivity index (χ3v) is 2.25. The molecule has 0 aliphatic carbocycles. The van der Waals surface area contributed by atoms with Crippen LogP contribution in [-0.4, -0.2) is 19.1 Å². The molecule has 0 radical (unpaired) electrons. The average Bonchev–Trinajstić information content (AvgIpc) is 2.27. The number of hydrogen-bond donors (Lipinski definition) is 0. The zero-order valence-corrected chi connectivity index (χ0v) is 8.73. The van der Waals surface area contributed by atoms with E-state index in [0.29, 0.717) is 5.56 Å². The van der Waals surface area contributed by atoms with E-state index in [1.807, 2.05) is 49.3 Å². The van der Waals surface area contributed by atoms with Crippen LogP contribution in [-0.2, 0) is 0 Å². The van der Waals surface area contributed by atoms with E-state index >= 15 is 0 Å². The predicted molar refractivity (Wildman–Crippen MR) is 60.8 cm³/mol. The maximum Gasteiger partial charge on any atom is 0.146 e. The second-order valence-corrected chi connectivity index (χ2v) is 3.56. The van der Waals surface area contributed by atoms with Crippen LogP contribution in [0.25, 0.3) is 10.9 Å². The molecule has 2 rings (SSSR count). The molecule has 1 heterocycles. The minimum atomic E-state index is 0.610. The Kier molecular flexibility index (Phi) is 2.26. The number of hydrogen-bond acceptors (Lipinski definition) is 3. The van der Waals surface area contributed by atoms with Crippen molar-refractivity contribution in [3.05, 3.63) is 35.9 Å². The molecule has 3 heteroatoms. The SMILES string of the molecule is CN(C)c1nc2ccccc2cc1C#N. The van der Waals surface area contributed by atoms with Gasteiger partial charge < -0.3 is 4.90 Å². The number of nitriles is 1. The van der Waals surface area contributed by atoms with Crippen molar-refractivity contribution in [3.8, 4) is 6.07 Å². The fourth-order valence-corrected chi connectivity index (χ4v) is 1.53. The zero-order chi connectivity index (χ0) is 10.8. The number of rotatable bonds is 1. The van der Waals surface area contributed by atoms with Gasteiger partial charge in [-0.05, 0) is 12.1 Å². The van der Waals surface area contributed by atoms with Gasteiger partial charge in [0.05, 0.1) is 11.1 Å². The van der Waals surface area contributed by atoms with Gasteiger partial charge in [0.2, 0.25) is 0 Å². The molecule has 0 N–H and O–H groups in total. The van der Waals surface area contributed by atoms with Gasteiger partial charge in [-0.3, -0.25) is 0 Å². The summed E-state index contributed by atoms with van der Waals surface area (Å²) in [5, 5.41) is 10.0. The van der Waals surface area contributed by atoms with Crippen LogP contribution in [0.2, 0.25) is 0 Å². The summed E-state index contributed by atoms with van der Waals surface area (Å²) < 4.78 is 0. The first kappa shape index (κ1) is 9.47. The molecule has 74 valence electrons. The molecule has 1 aromatic heterocycles. The maximum absolute atomic E-state index is 9.01. The van der Waals surface area contributed by atoms with Gasteiger partial charge >= 0.3 is 0 Å². The molecule has 15 heavy (non-hydrogen) atoms. The zero-order valence-electron chi connectivity index (χ0n) is 8.73. The summed E-state index contributed by atoms with van der Waals surface area (Å²) in [5.74, 6) is 0.719. The molecule has 3 nitrogen and oxygen atoms in total. The lowest BCUT2D eigenvalue weighted by Gasteiger charge is -2.13. The molecule has 0 aliphatic heterocycles. The summed E-state index contributed by atoms with van der Waals surface area (Å²) >= 11 is 0. The lowest BCUT2D eigenvalue weighted by molar-refractivity contribution is 1.08. The van der Waals surface area contributed by atoms with E-state index in [2.05, 4.69) is 11.1 Å². The van der Waals surface area contributed by atoms with Crippen molar-refractivity contribution in [2.24, 2.45) is 0 Å². The van der Waals surface area contributed by atoms with E-state index in [9.17, 15) is 0 Å². The van der Waals surface area contributed by atoms with Crippen LogP contribution in [0.15, 0.2) is 30.3 Å². The van der Waals surface area contributed by atoms with Gasteiger partial charge in [-0.1, -0.05) is 18.2 Å². The Morgan fingerprint density at radius 2 is 2.00 bits per heavy atom. The third kappa shape index (κ3) is 1.62. The molecule has 0 saturated carbocycles. The Morgan fingerprint density at radius 1 is 1.27 bits per heavy atom. The number of benzene rings is 1.